The zero-order valence-corrected chi connectivity index (χ0v) is 43.6. The average molecular weight is 975 g/mol. The highest BCUT2D eigenvalue weighted by atomic mass is 16.3. The van der Waals surface area contributed by atoms with E-state index < -0.39 is 45.7 Å². The molecule has 3 aliphatic carbocycles. The summed E-state index contributed by atoms with van der Waals surface area (Å²) in [5, 5.41) is 41.0. The SMILES string of the molecule is C=C(c1ccc2c(c1)C(C)(C)C1C(C2(C)C)C(O)(c2ccc3c(-c4ccccc4)c4ccccc4cc3c2)C2C=c3ccc(C=O)cc3=CC2C1(O)c1ccc2c(-c3ccccc3)c3ccccc3cc2c1)C(C)C. The molecule has 368 valence electrons. The van der Waals surface area contributed by atoms with Gasteiger partial charge in [-0.2, -0.15) is 0 Å². The van der Waals surface area contributed by atoms with E-state index in [1.54, 1.807) is 0 Å². The molecule has 0 amide bonds. The molecule has 3 heteroatoms. The number of fused-ring (bicyclic) bond motifs is 8. The van der Waals surface area contributed by atoms with Crippen LogP contribution in [-0.2, 0) is 22.0 Å². The molecule has 13 rings (SSSR count). The maximum Gasteiger partial charge on any atom is 0.150 e. The molecule has 6 unspecified atom stereocenters. The molecular weight excluding hydrogens is 913 g/mol. The molecule has 10 aromatic carbocycles. The van der Waals surface area contributed by atoms with Crippen molar-refractivity contribution in [3.63, 3.8) is 0 Å². The Bertz CT molecular complexity index is 4150. The van der Waals surface area contributed by atoms with Gasteiger partial charge in [0.05, 0.1) is 0 Å². The van der Waals surface area contributed by atoms with Gasteiger partial charge in [0.1, 0.15) is 17.5 Å². The van der Waals surface area contributed by atoms with Gasteiger partial charge in [-0.3, -0.25) is 4.79 Å². The van der Waals surface area contributed by atoms with E-state index in [9.17, 15) is 4.79 Å². The van der Waals surface area contributed by atoms with Crippen molar-refractivity contribution in [3.8, 4) is 22.3 Å². The minimum absolute atomic E-state index is 0.235. The van der Waals surface area contributed by atoms with Crippen LogP contribution in [0.4, 0.5) is 0 Å². The fraction of sp³-hybridized carbons (Fsp3) is 0.208. The normalized spacial score (nSPS) is 23.2. The molecule has 3 nitrogen and oxygen atoms in total. The maximum absolute atomic E-state index is 15.2. The predicted molar refractivity (Wildman–Crippen MR) is 312 cm³/mol. The highest BCUT2D eigenvalue weighted by Gasteiger charge is 2.72. The van der Waals surface area contributed by atoms with Crippen molar-refractivity contribution in [2.75, 3.05) is 0 Å². The number of carbonyl (C=O) groups excluding carboxylic acids is 1. The van der Waals surface area contributed by atoms with Gasteiger partial charge in [-0.25, -0.2) is 0 Å². The fourth-order valence-electron chi connectivity index (χ4n) is 14.9. The first kappa shape index (κ1) is 47.1. The molecule has 0 saturated heterocycles. The molecule has 3 aliphatic rings. The van der Waals surface area contributed by atoms with Crippen molar-refractivity contribution < 1.29 is 15.0 Å². The molecule has 6 atom stereocenters. The molecule has 1 fully saturated rings. The van der Waals surface area contributed by atoms with E-state index in [1.165, 1.54) is 21.9 Å². The van der Waals surface area contributed by atoms with Crippen LogP contribution in [0.2, 0.25) is 0 Å². The molecule has 2 N–H and O–H groups in total. The zero-order chi connectivity index (χ0) is 51.8. The van der Waals surface area contributed by atoms with E-state index in [2.05, 4.69) is 236 Å². The number of allylic oxidation sites excluding steroid dienone is 1. The van der Waals surface area contributed by atoms with Gasteiger partial charge in [-0.05, 0) is 156 Å². The first-order valence-electron chi connectivity index (χ1n) is 26.7. The van der Waals surface area contributed by atoms with Gasteiger partial charge in [0.2, 0.25) is 0 Å². The van der Waals surface area contributed by atoms with Crippen LogP contribution >= 0.6 is 0 Å². The lowest BCUT2D eigenvalue weighted by atomic mass is 9.37. The van der Waals surface area contributed by atoms with Crippen LogP contribution in [0.25, 0.3) is 83.1 Å². The highest BCUT2D eigenvalue weighted by Crippen LogP contribution is 2.71. The molecular formula is C72H62O3. The lowest BCUT2D eigenvalue weighted by Gasteiger charge is -2.69. The average Bonchev–Trinajstić information content (AvgIpc) is 3.51. The summed E-state index contributed by atoms with van der Waals surface area (Å²) in [6, 6.07) is 69.0. The van der Waals surface area contributed by atoms with Crippen molar-refractivity contribution in [1.82, 2.24) is 0 Å². The number of hydrogen-bond donors (Lipinski definition) is 2. The van der Waals surface area contributed by atoms with Gasteiger partial charge in [0.25, 0.3) is 0 Å². The van der Waals surface area contributed by atoms with Crippen LogP contribution in [0.15, 0.2) is 201 Å². The van der Waals surface area contributed by atoms with Crippen molar-refractivity contribution >= 4 is 67.1 Å². The predicted octanol–water partition coefficient (Wildman–Crippen LogP) is 15.2. The van der Waals surface area contributed by atoms with Gasteiger partial charge < -0.3 is 10.2 Å². The van der Waals surface area contributed by atoms with Crippen LogP contribution in [0.1, 0.15) is 79.7 Å². The summed E-state index contributed by atoms with van der Waals surface area (Å²) in [5.74, 6) is -2.15. The van der Waals surface area contributed by atoms with Crippen molar-refractivity contribution in [1.29, 1.82) is 0 Å². The van der Waals surface area contributed by atoms with Gasteiger partial charge in [0.15, 0.2) is 0 Å². The summed E-state index contributed by atoms with van der Waals surface area (Å²) in [6.45, 7) is 18.2. The van der Waals surface area contributed by atoms with Crippen molar-refractivity contribution in [2.45, 2.75) is 63.6 Å². The van der Waals surface area contributed by atoms with Gasteiger partial charge in [-0.15, -0.1) is 0 Å². The lowest BCUT2D eigenvalue weighted by molar-refractivity contribution is -0.247. The number of hydrogen-bond acceptors (Lipinski definition) is 3. The Morgan fingerprint density at radius 1 is 0.480 bits per heavy atom. The third kappa shape index (κ3) is 6.83. The Kier molecular flexibility index (Phi) is 10.6. The second-order valence-corrected chi connectivity index (χ2v) is 23.4. The third-order valence-electron chi connectivity index (χ3n) is 18.5. The number of rotatable bonds is 7. The summed E-state index contributed by atoms with van der Waals surface area (Å²) in [5.41, 5.74) is 6.74. The van der Waals surface area contributed by atoms with Gasteiger partial charge in [0, 0.05) is 29.2 Å². The largest absolute Gasteiger partial charge is 0.384 e. The van der Waals surface area contributed by atoms with E-state index in [0.29, 0.717) is 5.56 Å². The summed E-state index contributed by atoms with van der Waals surface area (Å²) < 4.78 is 0. The lowest BCUT2D eigenvalue weighted by Crippen LogP contribution is -2.72. The summed E-state index contributed by atoms with van der Waals surface area (Å²) in [6.07, 6.45) is 5.32. The molecule has 10 aromatic rings. The second kappa shape index (κ2) is 16.9. The number of carbonyl (C=O) groups is 1. The molecule has 0 heterocycles. The summed E-state index contributed by atoms with van der Waals surface area (Å²) in [7, 11) is 0. The third-order valence-corrected chi connectivity index (χ3v) is 18.5. The smallest absolute Gasteiger partial charge is 0.150 e. The first-order valence-corrected chi connectivity index (χ1v) is 26.7. The molecule has 0 aliphatic heterocycles. The minimum atomic E-state index is -1.57. The summed E-state index contributed by atoms with van der Waals surface area (Å²) >= 11 is 0. The van der Waals surface area contributed by atoms with E-state index in [4.69, 9.17) is 0 Å². The van der Waals surface area contributed by atoms with Crippen LogP contribution in [0.3, 0.4) is 0 Å². The molecule has 1 saturated carbocycles. The summed E-state index contributed by atoms with van der Waals surface area (Å²) in [4.78, 5) is 12.5. The minimum Gasteiger partial charge on any atom is -0.384 e. The van der Waals surface area contributed by atoms with E-state index >= 15 is 10.2 Å². The van der Waals surface area contributed by atoms with E-state index in [-0.39, 0.29) is 5.92 Å². The zero-order valence-electron chi connectivity index (χ0n) is 43.6. The Hall–Kier alpha value is -7.69. The molecule has 0 bridgehead atoms. The van der Waals surface area contributed by atoms with E-state index in [1.807, 2.05) is 18.2 Å². The topological polar surface area (TPSA) is 57.5 Å². The van der Waals surface area contributed by atoms with Crippen LogP contribution in [0.5, 0.6) is 0 Å². The van der Waals surface area contributed by atoms with Gasteiger partial charge >= 0.3 is 0 Å². The monoisotopic (exact) mass is 974 g/mol. The second-order valence-electron chi connectivity index (χ2n) is 23.4. The first-order chi connectivity index (χ1) is 36.1. The van der Waals surface area contributed by atoms with Crippen LogP contribution < -0.4 is 10.4 Å². The number of aliphatic hydroxyl groups is 2. The number of benzene rings is 10. The maximum atomic E-state index is 15.2. The van der Waals surface area contributed by atoms with Crippen LogP contribution in [-0.4, -0.2) is 16.5 Å². The van der Waals surface area contributed by atoms with Crippen LogP contribution in [0, 0.1) is 29.6 Å². The standard InChI is InChI=1S/C72H62O3/c1-43(2)44(3)48-28-33-61-62(39-48)70(6,7)68-67(69(61,4)5)71(74,55-29-31-59-53(37-55)35-50-22-14-16-24-57(50)65(59)46-18-10-8-11-19-46)63-40-49-27-26-45(42-73)34-52(49)41-64(63)72(68,75)56-30-32-60-54(38-56)36-51-23-15-17-25-58(51)66(60)47-20-12-9-13-21-47/h8-43,63-64,67-68,74-75H,3H2,1-2,4-7H3. The van der Waals surface area contributed by atoms with Crippen molar-refractivity contribution in [3.05, 3.63) is 245 Å². The number of aldehydes is 1. The molecule has 0 radical (unpaired) electrons. The Morgan fingerprint density at radius 2 is 0.947 bits per heavy atom. The van der Waals surface area contributed by atoms with E-state index in [0.717, 1.165) is 93.6 Å². The quantitative estimate of drug-likeness (QED) is 0.124. The Labute approximate surface area is 439 Å². The molecule has 75 heavy (non-hydrogen) atoms. The Morgan fingerprint density at radius 3 is 1.45 bits per heavy atom. The van der Waals surface area contributed by atoms with Crippen molar-refractivity contribution in [2.24, 2.45) is 29.6 Å². The fourth-order valence-corrected chi connectivity index (χ4v) is 14.9. The Balaban J connectivity index is 1.14. The van der Waals surface area contributed by atoms with Gasteiger partial charge in [-0.1, -0.05) is 224 Å². The molecule has 0 spiro atoms. The highest BCUT2D eigenvalue weighted by molar-refractivity contribution is 6.14. The molecule has 0 aromatic heterocycles.